The quantitative estimate of drug-likeness (QED) is 0.450. The van der Waals surface area contributed by atoms with Gasteiger partial charge in [0.1, 0.15) is 0 Å². The second kappa shape index (κ2) is 6.87. The molecule has 1 aromatic rings. The van der Waals surface area contributed by atoms with Gasteiger partial charge in [-0.3, -0.25) is 14.9 Å². The molecule has 1 rings (SSSR count). The number of esters is 1. The van der Waals surface area contributed by atoms with Gasteiger partial charge in [0, 0.05) is 12.1 Å². The highest BCUT2D eigenvalue weighted by Gasteiger charge is 2.17. The van der Waals surface area contributed by atoms with Crippen molar-refractivity contribution in [2.24, 2.45) is 0 Å². The lowest BCUT2D eigenvalue weighted by atomic mass is 9.92. The van der Waals surface area contributed by atoms with Crippen LogP contribution in [0.2, 0.25) is 0 Å². The van der Waals surface area contributed by atoms with E-state index >= 15 is 0 Å². The van der Waals surface area contributed by atoms with E-state index < -0.39 is 4.92 Å². The minimum atomic E-state index is -0.417. The van der Waals surface area contributed by atoms with Crippen molar-refractivity contribution in [1.82, 2.24) is 0 Å². The molecule has 0 saturated carbocycles. The van der Waals surface area contributed by atoms with E-state index in [1.54, 1.807) is 19.1 Å². The van der Waals surface area contributed by atoms with Crippen LogP contribution in [-0.2, 0) is 16.0 Å². The SMILES string of the molecule is CCOC(=O)Cc1ccc([N+](=O)[O-])cc1C(C)CC. The molecular weight excluding hydrogens is 246 g/mol. The molecule has 0 saturated heterocycles. The van der Waals surface area contributed by atoms with Crippen LogP contribution in [0.25, 0.3) is 0 Å². The van der Waals surface area contributed by atoms with Gasteiger partial charge >= 0.3 is 5.97 Å². The van der Waals surface area contributed by atoms with Gasteiger partial charge in [-0.1, -0.05) is 19.9 Å². The molecule has 0 heterocycles. The Bertz CT molecular complexity index is 471. The number of nitro groups is 1. The van der Waals surface area contributed by atoms with Crippen LogP contribution in [0.15, 0.2) is 18.2 Å². The van der Waals surface area contributed by atoms with Crippen molar-refractivity contribution in [2.75, 3.05) is 6.61 Å². The minimum absolute atomic E-state index is 0.0582. The van der Waals surface area contributed by atoms with Gasteiger partial charge in [-0.25, -0.2) is 0 Å². The molecule has 0 spiro atoms. The van der Waals surface area contributed by atoms with Crippen molar-refractivity contribution >= 4 is 11.7 Å². The highest BCUT2D eigenvalue weighted by molar-refractivity contribution is 5.73. The number of carbonyl (C=O) groups excluding carboxylic acids is 1. The van der Waals surface area contributed by atoms with Gasteiger partial charge < -0.3 is 4.74 Å². The molecule has 0 N–H and O–H groups in total. The lowest BCUT2D eigenvalue weighted by Crippen LogP contribution is -2.10. The standard InChI is InChI=1S/C14H19NO4/c1-4-10(3)13-9-12(15(17)18)7-6-11(13)8-14(16)19-5-2/h6-7,9-10H,4-5,8H2,1-3H3. The number of hydrogen-bond acceptors (Lipinski definition) is 4. The summed E-state index contributed by atoms with van der Waals surface area (Å²) >= 11 is 0. The zero-order chi connectivity index (χ0) is 14.4. The van der Waals surface area contributed by atoms with Crippen molar-refractivity contribution in [1.29, 1.82) is 0 Å². The smallest absolute Gasteiger partial charge is 0.310 e. The normalized spacial score (nSPS) is 11.9. The third kappa shape index (κ3) is 4.05. The van der Waals surface area contributed by atoms with E-state index in [4.69, 9.17) is 4.74 Å². The first-order chi connectivity index (χ1) is 8.99. The predicted molar refractivity (Wildman–Crippen MR) is 72.1 cm³/mol. The summed E-state index contributed by atoms with van der Waals surface area (Å²) in [6.07, 6.45) is 1.02. The van der Waals surface area contributed by atoms with E-state index in [1.165, 1.54) is 6.07 Å². The molecule has 1 unspecified atom stereocenters. The zero-order valence-electron chi connectivity index (χ0n) is 11.5. The largest absolute Gasteiger partial charge is 0.466 e. The van der Waals surface area contributed by atoms with Gasteiger partial charge in [0.25, 0.3) is 5.69 Å². The lowest BCUT2D eigenvalue weighted by Gasteiger charge is -2.14. The number of non-ortho nitro benzene ring substituents is 1. The number of ether oxygens (including phenoxy) is 1. The molecule has 0 aliphatic heterocycles. The molecule has 0 aliphatic rings. The van der Waals surface area contributed by atoms with Crippen molar-refractivity contribution in [3.63, 3.8) is 0 Å². The molecule has 0 aliphatic carbocycles. The molecule has 0 bridgehead atoms. The Balaban J connectivity index is 3.08. The summed E-state index contributed by atoms with van der Waals surface area (Å²) in [5, 5.41) is 10.8. The van der Waals surface area contributed by atoms with Gasteiger partial charge in [-0.15, -0.1) is 0 Å². The van der Waals surface area contributed by atoms with Crippen molar-refractivity contribution in [3.05, 3.63) is 39.4 Å². The van der Waals surface area contributed by atoms with Crippen LogP contribution in [0.4, 0.5) is 5.69 Å². The molecule has 1 atom stereocenters. The van der Waals surface area contributed by atoms with Crippen LogP contribution in [0.3, 0.4) is 0 Å². The topological polar surface area (TPSA) is 69.4 Å². The molecule has 0 amide bonds. The molecule has 0 radical (unpaired) electrons. The van der Waals surface area contributed by atoms with Gasteiger partial charge in [0.15, 0.2) is 0 Å². The highest BCUT2D eigenvalue weighted by atomic mass is 16.6. The fourth-order valence-electron chi connectivity index (χ4n) is 1.90. The maximum absolute atomic E-state index is 11.5. The minimum Gasteiger partial charge on any atom is -0.466 e. The van der Waals surface area contributed by atoms with Crippen LogP contribution < -0.4 is 0 Å². The summed E-state index contributed by atoms with van der Waals surface area (Å²) < 4.78 is 4.92. The third-order valence-corrected chi connectivity index (χ3v) is 3.12. The predicted octanol–water partition coefficient (Wildman–Crippen LogP) is 3.21. The molecule has 5 heteroatoms. The summed E-state index contributed by atoms with van der Waals surface area (Å²) in [5.74, 6) is -0.134. The number of carbonyl (C=O) groups is 1. The summed E-state index contributed by atoms with van der Waals surface area (Å²) in [6.45, 7) is 6.10. The maximum atomic E-state index is 11.5. The molecular formula is C14H19NO4. The van der Waals surface area contributed by atoms with Gasteiger partial charge in [0.05, 0.1) is 18.0 Å². The van der Waals surface area contributed by atoms with Crippen LogP contribution in [-0.4, -0.2) is 17.5 Å². The first-order valence-corrected chi connectivity index (χ1v) is 6.42. The highest BCUT2D eigenvalue weighted by Crippen LogP contribution is 2.27. The van der Waals surface area contributed by atoms with Crippen molar-refractivity contribution < 1.29 is 14.5 Å². The Morgan fingerprint density at radius 1 is 1.42 bits per heavy atom. The van der Waals surface area contributed by atoms with Crippen LogP contribution in [0, 0.1) is 10.1 Å². The van der Waals surface area contributed by atoms with Gasteiger partial charge in [0.2, 0.25) is 0 Å². The lowest BCUT2D eigenvalue weighted by molar-refractivity contribution is -0.384. The Kier molecular flexibility index (Phi) is 5.48. The zero-order valence-corrected chi connectivity index (χ0v) is 11.5. The van der Waals surface area contributed by atoms with Crippen molar-refractivity contribution in [3.8, 4) is 0 Å². The van der Waals surface area contributed by atoms with E-state index in [0.29, 0.717) is 6.61 Å². The Morgan fingerprint density at radius 2 is 2.11 bits per heavy atom. The van der Waals surface area contributed by atoms with E-state index in [-0.39, 0.29) is 24.0 Å². The number of nitro benzene ring substituents is 1. The van der Waals surface area contributed by atoms with Gasteiger partial charge in [-0.05, 0) is 30.4 Å². The molecule has 0 fully saturated rings. The molecule has 104 valence electrons. The number of rotatable bonds is 6. The second-order valence-corrected chi connectivity index (χ2v) is 4.43. The fourth-order valence-corrected chi connectivity index (χ4v) is 1.90. The summed E-state index contributed by atoms with van der Waals surface area (Å²) in [4.78, 5) is 21.9. The fraction of sp³-hybridized carbons (Fsp3) is 0.500. The van der Waals surface area contributed by atoms with Crippen LogP contribution in [0.1, 0.15) is 44.2 Å². The number of nitrogens with zero attached hydrogens (tertiary/aromatic N) is 1. The van der Waals surface area contributed by atoms with Crippen molar-refractivity contribution in [2.45, 2.75) is 39.5 Å². The number of benzene rings is 1. The summed E-state index contributed by atoms with van der Waals surface area (Å²) in [5.41, 5.74) is 1.71. The van der Waals surface area contributed by atoms with Crippen LogP contribution in [0.5, 0.6) is 0 Å². The average molecular weight is 265 g/mol. The van der Waals surface area contributed by atoms with E-state index in [1.807, 2.05) is 13.8 Å². The molecule has 1 aromatic carbocycles. The Labute approximate surface area is 112 Å². The molecule has 5 nitrogen and oxygen atoms in total. The number of hydrogen-bond donors (Lipinski definition) is 0. The first-order valence-electron chi connectivity index (χ1n) is 6.42. The Morgan fingerprint density at radius 3 is 2.63 bits per heavy atom. The second-order valence-electron chi connectivity index (χ2n) is 4.43. The third-order valence-electron chi connectivity index (χ3n) is 3.12. The maximum Gasteiger partial charge on any atom is 0.310 e. The molecule has 19 heavy (non-hydrogen) atoms. The van der Waals surface area contributed by atoms with E-state index in [2.05, 4.69) is 0 Å². The van der Waals surface area contributed by atoms with Gasteiger partial charge in [-0.2, -0.15) is 0 Å². The summed E-state index contributed by atoms with van der Waals surface area (Å²) in [6, 6.07) is 4.64. The Hall–Kier alpha value is -1.91. The van der Waals surface area contributed by atoms with E-state index in [9.17, 15) is 14.9 Å². The molecule has 0 aromatic heterocycles. The first kappa shape index (κ1) is 15.1. The van der Waals surface area contributed by atoms with E-state index in [0.717, 1.165) is 17.5 Å². The average Bonchev–Trinajstić information content (AvgIpc) is 2.38. The monoisotopic (exact) mass is 265 g/mol. The summed E-state index contributed by atoms with van der Waals surface area (Å²) in [7, 11) is 0. The van der Waals surface area contributed by atoms with Crippen LogP contribution >= 0.6 is 0 Å².